The summed E-state index contributed by atoms with van der Waals surface area (Å²) in [7, 11) is 0. The Morgan fingerprint density at radius 2 is 2.17 bits per heavy atom. The molecule has 0 saturated heterocycles. The first-order valence-electron chi connectivity index (χ1n) is 7.36. The largest absolute Gasteiger partial charge is 0.481 e. The van der Waals surface area contributed by atoms with Crippen molar-refractivity contribution in [3.05, 3.63) is 36.4 Å². The molecular formula is C16H17N5O2. The van der Waals surface area contributed by atoms with Crippen LogP contribution in [-0.4, -0.2) is 27.4 Å². The summed E-state index contributed by atoms with van der Waals surface area (Å²) in [5, 5.41) is 13.5. The zero-order chi connectivity index (χ0) is 16.1. The lowest BCUT2D eigenvalue weighted by Gasteiger charge is -2.09. The van der Waals surface area contributed by atoms with E-state index in [0.717, 1.165) is 18.7 Å². The van der Waals surface area contributed by atoms with E-state index < -0.39 is 0 Å². The van der Waals surface area contributed by atoms with E-state index >= 15 is 0 Å². The molecule has 1 aliphatic rings. The lowest BCUT2D eigenvalue weighted by molar-refractivity contribution is 0.251. The fraction of sp³-hybridized carbons (Fsp3) is 0.312. The van der Waals surface area contributed by atoms with Crippen LogP contribution in [0.4, 0.5) is 10.5 Å². The number of hydrogen-bond donors (Lipinski definition) is 2. The third-order valence-electron chi connectivity index (χ3n) is 3.43. The van der Waals surface area contributed by atoms with Crippen LogP contribution in [0.3, 0.4) is 0 Å². The minimum Gasteiger partial charge on any atom is -0.481 e. The van der Waals surface area contributed by atoms with E-state index in [2.05, 4.69) is 26.8 Å². The minimum absolute atomic E-state index is 0.217. The van der Waals surface area contributed by atoms with Gasteiger partial charge in [-0.1, -0.05) is 5.92 Å². The Morgan fingerprint density at radius 1 is 1.39 bits per heavy atom. The summed E-state index contributed by atoms with van der Waals surface area (Å²) in [5.41, 5.74) is 0.666. The van der Waals surface area contributed by atoms with Crippen LogP contribution in [0.15, 0.2) is 30.6 Å². The second-order valence-electron chi connectivity index (χ2n) is 5.21. The quantitative estimate of drug-likeness (QED) is 0.799. The van der Waals surface area contributed by atoms with E-state index in [4.69, 9.17) is 11.2 Å². The van der Waals surface area contributed by atoms with E-state index in [9.17, 15) is 4.79 Å². The van der Waals surface area contributed by atoms with Gasteiger partial charge >= 0.3 is 6.03 Å². The predicted molar refractivity (Wildman–Crippen MR) is 84.9 cm³/mol. The summed E-state index contributed by atoms with van der Waals surface area (Å²) in [6.45, 7) is 0.556. The standard InChI is InChI=1S/C16H17N5O2/c1-2-9-23-14-7-3-12(4-8-14)19-16(22)17-10-15-20-18-11-21(15)13-5-6-13/h1,3-4,7-8,11,13H,5-6,9-10H2,(H2,17,19,22). The Kier molecular flexibility index (Phi) is 4.43. The maximum atomic E-state index is 11.9. The summed E-state index contributed by atoms with van der Waals surface area (Å²) in [4.78, 5) is 11.9. The number of rotatable bonds is 6. The minimum atomic E-state index is -0.298. The first-order chi connectivity index (χ1) is 11.3. The average Bonchev–Trinajstić information content (AvgIpc) is 3.30. The Hall–Kier alpha value is -3.01. The highest BCUT2D eigenvalue weighted by atomic mass is 16.5. The number of hydrogen-bond acceptors (Lipinski definition) is 4. The SMILES string of the molecule is C#CCOc1ccc(NC(=O)NCc2nncn2C2CC2)cc1. The molecule has 1 saturated carbocycles. The number of amides is 2. The number of aromatic nitrogens is 3. The van der Waals surface area contributed by atoms with Crippen LogP contribution in [0, 0.1) is 12.3 Å². The van der Waals surface area contributed by atoms with E-state index in [1.807, 2.05) is 4.57 Å². The van der Waals surface area contributed by atoms with Crippen molar-refractivity contribution >= 4 is 11.7 Å². The Balaban J connectivity index is 1.49. The van der Waals surface area contributed by atoms with Crippen molar-refractivity contribution in [3.8, 4) is 18.1 Å². The summed E-state index contributed by atoms with van der Waals surface area (Å²) >= 11 is 0. The molecule has 0 atom stereocenters. The van der Waals surface area contributed by atoms with Gasteiger partial charge in [0.25, 0.3) is 0 Å². The number of benzene rings is 1. The lowest BCUT2D eigenvalue weighted by Crippen LogP contribution is -2.29. The van der Waals surface area contributed by atoms with Gasteiger partial charge in [-0.2, -0.15) is 0 Å². The maximum absolute atomic E-state index is 11.9. The molecule has 0 bridgehead atoms. The van der Waals surface area contributed by atoms with Gasteiger partial charge in [-0.3, -0.25) is 0 Å². The van der Waals surface area contributed by atoms with Gasteiger partial charge in [-0.15, -0.1) is 16.6 Å². The van der Waals surface area contributed by atoms with E-state index in [1.165, 1.54) is 0 Å². The van der Waals surface area contributed by atoms with Crippen LogP contribution in [-0.2, 0) is 6.54 Å². The number of carbonyl (C=O) groups is 1. The van der Waals surface area contributed by atoms with Crippen molar-refractivity contribution in [2.45, 2.75) is 25.4 Å². The summed E-state index contributed by atoms with van der Waals surface area (Å²) < 4.78 is 7.28. The van der Waals surface area contributed by atoms with Crippen molar-refractivity contribution in [2.75, 3.05) is 11.9 Å². The van der Waals surface area contributed by atoms with Gasteiger partial charge < -0.3 is 19.9 Å². The number of urea groups is 1. The molecule has 1 aliphatic carbocycles. The third-order valence-corrected chi connectivity index (χ3v) is 3.43. The molecule has 2 amide bonds. The Morgan fingerprint density at radius 3 is 2.87 bits per heavy atom. The van der Waals surface area contributed by atoms with Gasteiger partial charge in [-0.25, -0.2) is 4.79 Å². The molecule has 0 unspecified atom stereocenters. The normalized spacial score (nSPS) is 13.2. The molecule has 1 aromatic carbocycles. The zero-order valence-corrected chi connectivity index (χ0v) is 12.5. The molecular weight excluding hydrogens is 294 g/mol. The summed E-state index contributed by atoms with van der Waals surface area (Å²) in [6, 6.07) is 7.18. The predicted octanol–water partition coefficient (Wildman–Crippen LogP) is 1.95. The fourth-order valence-electron chi connectivity index (χ4n) is 2.14. The zero-order valence-electron chi connectivity index (χ0n) is 12.5. The number of carbonyl (C=O) groups excluding carboxylic acids is 1. The number of nitrogens with one attached hydrogen (secondary N) is 2. The molecule has 1 heterocycles. The highest BCUT2D eigenvalue weighted by Crippen LogP contribution is 2.35. The van der Waals surface area contributed by atoms with Crippen LogP contribution in [0.5, 0.6) is 5.75 Å². The molecule has 1 fully saturated rings. The van der Waals surface area contributed by atoms with Crippen molar-refractivity contribution in [1.29, 1.82) is 0 Å². The molecule has 2 aromatic rings. The second-order valence-corrected chi connectivity index (χ2v) is 5.21. The monoisotopic (exact) mass is 311 g/mol. The van der Waals surface area contributed by atoms with Crippen LogP contribution in [0.1, 0.15) is 24.7 Å². The van der Waals surface area contributed by atoms with Gasteiger partial charge in [0.2, 0.25) is 0 Å². The Labute approximate surface area is 134 Å². The molecule has 7 nitrogen and oxygen atoms in total. The van der Waals surface area contributed by atoms with Crippen LogP contribution in [0.2, 0.25) is 0 Å². The van der Waals surface area contributed by atoms with Crippen molar-refractivity contribution in [2.24, 2.45) is 0 Å². The van der Waals surface area contributed by atoms with Crippen molar-refractivity contribution in [3.63, 3.8) is 0 Å². The first-order valence-corrected chi connectivity index (χ1v) is 7.36. The number of nitrogens with zero attached hydrogens (tertiary/aromatic N) is 3. The molecule has 1 aromatic heterocycles. The molecule has 0 spiro atoms. The summed E-state index contributed by atoms with van der Waals surface area (Å²) in [6.07, 6.45) is 9.13. The average molecular weight is 311 g/mol. The highest BCUT2D eigenvalue weighted by molar-refractivity contribution is 5.89. The van der Waals surface area contributed by atoms with E-state index in [-0.39, 0.29) is 12.6 Å². The Bertz CT molecular complexity index is 713. The molecule has 0 radical (unpaired) electrons. The second kappa shape index (κ2) is 6.83. The van der Waals surface area contributed by atoms with Crippen LogP contribution >= 0.6 is 0 Å². The van der Waals surface area contributed by atoms with Crippen LogP contribution < -0.4 is 15.4 Å². The summed E-state index contributed by atoms with van der Waals surface area (Å²) in [5.74, 6) is 3.82. The van der Waals surface area contributed by atoms with Crippen LogP contribution in [0.25, 0.3) is 0 Å². The van der Waals surface area contributed by atoms with Crippen molar-refractivity contribution < 1.29 is 9.53 Å². The highest BCUT2D eigenvalue weighted by Gasteiger charge is 2.25. The van der Waals surface area contributed by atoms with Gasteiger partial charge in [0.1, 0.15) is 18.7 Å². The number of ether oxygens (including phenoxy) is 1. The molecule has 2 N–H and O–H groups in total. The first kappa shape index (κ1) is 14.9. The maximum Gasteiger partial charge on any atom is 0.319 e. The lowest BCUT2D eigenvalue weighted by atomic mass is 10.3. The van der Waals surface area contributed by atoms with Gasteiger partial charge in [0.15, 0.2) is 5.82 Å². The van der Waals surface area contributed by atoms with Gasteiger partial charge in [0.05, 0.1) is 6.54 Å². The van der Waals surface area contributed by atoms with Crippen molar-refractivity contribution in [1.82, 2.24) is 20.1 Å². The van der Waals surface area contributed by atoms with E-state index in [0.29, 0.717) is 24.0 Å². The number of terminal acetylenes is 1. The topological polar surface area (TPSA) is 81.1 Å². The van der Waals surface area contributed by atoms with E-state index in [1.54, 1.807) is 30.6 Å². The molecule has 23 heavy (non-hydrogen) atoms. The van der Waals surface area contributed by atoms with Gasteiger partial charge in [-0.05, 0) is 37.1 Å². The molecule has 118 valence electrons. The fourth-order valence-corrected chi connectivity index (χ4v) is 2.14. The number of anilines is 1. The molecule has 3 rings (SSSR count). The van der Waals surface area contributed by atoms with Gasteiger partial charge in [0, 0.05) is 11.7 Å². The molecule has 7 heteroatoms. The smallest absolute Gasteiger partial charge is 0.319 e. The molecule has 0 aliphatic heterocycles. The third kappa shape index (κ3) is 4.01.